The van der Waals surface area contributed by atoms with Crippen LogP contribution in [0.1, 0.15) is 44.0 Å². The second kappa shape index (κ2) is 8.81. The molecule has 2 fully saturated rings. The fourth-order valence-electron chi connectivity index (χ4n) is 5.54. The molecule has 2 bridgehead atoms. The van der Waals surface area contributed by atoms with E-state index in [4.69, 9.17) is 4.74 Å². The average Bonchev–Trinajstić information content (AvgIpc) is 2.74. The zero-order valence-electron chi connectivity index (χ0n) is 18.7. The number of hydrogen-bond acceptors (Lipinski definition) is 4. The van der Waals surface area contributed by atoms with Gasteiger partial charge in [-0.05, 0) is 66.9 Å². The number of ether oxygens (including phenoxy) is 1. The Balaban J connectivity index is 1.16. The van der Waals surface area contributed by atoms with E-state index in [0.29, 0.717) is 24.5 Å². The van der Waals surface area contributed by atoms with E-state index in [2.05, 4.69) is 24.8 Å². The minimum absolute atomic E-state index is 0.104. The molecule has 0 radical (unpaired) electrons. The summed E-state index contributed by atoms with van der Waals surface area (Å²) in [6.45, 7) is 12.2. The van der Waals surface area contributed by atoms with Crippen molar-refractivity contribution in [1.82, 2.24) is 0 Å². The summed E-state index contributed by atoms with van der Waals surface area (Å²) >= 11 is 0. The molecule has 1 aliphatic heterocycles. The number of rotatable bonds is 8. The van der Waals surface area contributed by atoms with Gasteiger partial charge in [-0.25, -0.2) is 0 Å². The molecule has 0 amide bonds. The van der Waals surface area contributed by atoms with Crippen molar-refractivity contribution in [1.29, 1.82) is 0 Å². The SMILES string of the molecule is CC(=O)c1ccc(N2CC[NH+](C[C@@H](O)COCC3=CC[C@H]4C[C@@H]3C4(C)C)CC2)cc1. The lowest BCUT2D eigenvalue weighted by Gasteiger charge is -2.56. The van der Waals surface area contributed by atoms with E-state index in [9.17, 15) is 9.90 Å². The molecule has 164 valence electrons. The molecule has 2 N–H and O–H groups in total. The first-order valence-electron chi connectivity index (χ1n) is 11.5. The molecular formula is C25H37N2O3+. The van der Waals surface area contributed by atoms with Gasteiger partial charge in [-0.3, -0.25) is 4.79 Å². The second-order valence-corrected chi connectivity index (χ2v) is 10.0. The highest BCUT2D eigenvalue weighted by molar-refractivity contribution is 5.94. The monoisotopic (exact) mass is 413 g/mol. The molecule has 0 spiro atoms. The van der Waals surface area contributed by atoms with E-state index in [1.54, 1.807) is 6.92 Å². The van der Waals surface area contributed by atoms with E-state index in [-0.39, 0.29) is 5.78 Å². The fraction of sp³-hybridized carbons (Fsp3) is 0.640. The third-order valence-electron chi connectivity index (χ3n) is 7.80. The number of aliphatic hydroxyl groups excluding tert-OH is 1. The molecule has 1 heterocycles. The van der Waals surface area contributed by atoms with Crippen LogP contribution in [-0.2, 0) is 4.74 Å². The Labute approximate surface area is 180 Å². The Kier molecular flexibility index (Phi) is 6.33. The van der Waals surface area contributed by atoms with Crippen molar-refractivity contribution in [2.45, 2.75) is 39.7 Å². The molecule has 0 aromatic heterocycles. The zero-order chi connectivity index (χ0) is 21.3. The number of benzene rings is 1. The Morgan fingerprint density at radius 2 is 1.97 bits per heavy atom. The minimum atomic E-state index is -0.410. The number of aliphatic hydroxyl groups is 1. The number of allylic oxidation sites excluding steroid dienone is 1. The smallest absolute Gasteiger partial charge is 0.159 e. The van der Waals surface area contributed by atoms with Crippen LogP contribution in [0.2, 0.25) is 0 Å². The fourth-order valence-corrected chi connectivity index (χ4v) is 5.54. The van der Waals surface area contributed by atoms with Crippen molar-refractivity contribution in [3.63, 3.8) is 0 Å². The highest BCUT2D eigenvalue weighted by Crippen LogP contribution is 2.59. The first-order chi connectivity index (χ1) is 14.3. The maximum absolute atomic E-state index is 11.4. The molecule has 3 atom stereocenters. The summed E-state index contributed by atoms with van der Waals surface area (Å²) in [5, 5.41) is 10.5. The van der Waals surface area contributed by atoms with Gasteiger partial charge in [0.25, 0.3) is 0 Å². The number of hydrogen-bond donors (Lipinski definition) is 2. The Hall–Kier alpha value is -1.69. The molecule has 0 unspecified atom stereocenters. The van der Waals surface area contributed by atoms with Crippen LogP contribution in [0.25, 0.3) is 0 Å². The number of nitrogens with one attached hydrogen (secondary N) is 1. The van der Waals surface area contributed by atoms with E-state index in [1.807, 2.05) is 24.3 Å². The molecule has 5 nitrogen and oxygen atoms in total. The van der Waals surface area contributed by atoms with Crippen LogP contribution in [0.15, 0.2) is 35.9 Å². The zero-order valence-corrected chi connectivity index (χ0v) is 18.7. The van der Waals surface area contributed by atoms with Gasteiger partial charge >= 0.3 is 0 Å². The molecule has 4 aliphatic rings. The average molecular weight is 414 g/mol. The number of carbonyl (C=O) groups is 1. The molecule has 5 heteroatoms. The first-order valence-corrected chi connectivity index (χ1v) is 11.5. The second-order valence-electron chi connectivity index (χ2n) is 10.0. The quantitative estimate of drug-likeness (QED) is 0.505. The molecule has 30 heavy (non-hydrogen) atoms. The number of anilines is 1. The lowest BCUT2D eigenvalue weighted by molar-refractivity contribution is -0.903. The topological polar surface area (TPSA) is 54.2 Å². The standard InChI is InChI=1S/C25H36N2O3/c1-18(28)19-5-8-22(9-6-19)27-12-10-26(11-13-27)15-23(29)17-30-16-20-4-7-21-14-24(20)25(21,2)3/h4-6,8-9,21,23-24,29H,7,10-17H2,1-3H3/p+1/t21-,23+,24-/m0/s1. The van der Waals surface area contributed by atoms with Crippen LogP contribution < -0.4 is 9.80 Å². The Morgan fingerprint density at radius 1 is 1.27 bits per heavy atom. The van der Waals surface area contributed by atoms with Crippen LogP contribution in [-0.4, -0.2) is 62.9 Å². The van der Waals surface area contributed by atoms with E-state index < -0.39 is 6.10 Å². The van der Waals surface area contributed by atoms with Gasteiger partial charge < -0.3 is 19.6 Å². The van der Waals surface area contributed by atoms with E-state index >= 15 is 0 Å². The number of fused-ring (bicyclic) bond motifs is 1. The number of ketones is 1. The maximum Gasteiger partial charge on any atom is 0.159 e. The first kappa shape index (κ1) is 21.5. The summed E-state index contributed by atoms with van der Waals surface area (Å²) in [6, 6.07) is 7.89. The van der Waals surface area contributed by atoms with E-state index in [1.165, 1.54) is 29.0 Å². The van der Waals surface area contributed by atoms with E-state index in [0.717, 1.165) is 44.2 Å². The molecule has 1 saturated heterocycles. The summed E-state index contributed by atoms with van der Waals surface area (Å²) < 4.78 is 5.92. The van der Waals surface area contributed by atoms with Gasteiger partial charge in [-0.1, -0.05) is 19.9 Å². The number of piperazine rings is 1. The molecule has 1 aromatic carbocycles. The van der Waals surface area contributed by atoms with Crippen LogP contribution in [0, 0.1) is 17.3 Å². The van der Waals surface area contributed by atoms with Gasteiger partial charge in [0.05, 0.1) is 39.4 Å². The largest absolute Gasteiger partial charge is 0.385 e. The number of nitrogens with zero attached hydrogens (tertiary/aromatic N) is 1. The van der Waals surface area contributed by atoms with Crippen LogP contribution >= 0.6 is 0 Å². The predicted molar refractivity (Wildman–Crippen MR) is 119 cm³/mol. The molecular weight excluding hydrogens is 376 g/mol. The number of Topliss-reactive ketones (excluding diaryl/α,β-unsaturated/α-hetero) is 1. The molecule has 1 saturated carbocycles. The van der Waals surface area contributed by atoms with Crippen molar-refractivity contribution >= 4 is 11.5 Å². The van der Waals surface area contributed by atoms with Gasteiger partial charge in [0.15, 0.2) is 5.78 Å². The van der Waals surface area contributed by atoms with Gasteiger partial charge in [-0.15, -0.1) is 0 Å². The maximum atomic E-state index is 11.4. The van der Waals surface area contributed by atoms with Crippen molar-refractivity contribution in [3.05, 3.63) is 41.5 Å². The van der Waals surface area contributed by atoms with Gasteiger partial charge in [0.1, 0.15) is 12.6 Å². The summed E-state index contributed by atoms with van der Waals surface area (Å²) in [7, 11) is 0. The van der Waals surface area contributed by atoms with Gasteiger partial charge in [0.2, 0.25) is 0 Å². The predicted octanol–water partition coefficient (Wildman–Crippen LogP) is 1.96. The summed E-state index contributed by atoms with van der Waals surface area (Å²) in [6.07, 6.45) is 4.48. The van der Waals surface area contributed by atoms with Crippen molar-refractivity contribution in [2.75, 3.05) is 50.8 Å². The van der Waals surface area contributed by atoms with Crippen LogP contribution in [0.5, 0.6) is 0 Å². The summed E-state index contributed by atoms with van der Waals surface area (Å²) in [4.78, 5) is 15.2. The van der Waals surface area contributed by atoms with Crippen LogP contribution in [0.3, 0.4) is 0 Å². The lowest BCUT2D eigenvalue weighted by Crippen LogP contribution is -3.16. The summed E-state index contributed by atoms with van der Waals surface area (Å²) in [5.41, 5.74) is 3.81. The number of carbonyl (C=O) groups excluding carboxylic acids is 1. The van der Waals surface area contributed by atoms with Gasteiger partial charge in [0, 0.05) is 11.3 Å². The van der Waals surface area contributed by atoms with Gasteiger partial charge in [-0.2, -0.15) is 0 Å². The summed E-state index contributed by atoms with van der Waals surface area (Å²) in [5.74, 6) is 1.63. The number of quaternary nitrogens is 1. The third-order valence-corrected chi connectivity index (χ3v) is 7.80. The normalized spacial score (nSPS) is 26.7. The van der Waals surface area contributed by atoms with Crippen LogP contribution in [0.4, 0.5) is 5.69 Å². The Bertz CT molecular complexity index is 778. The highest BCUT2D eigenvalue weighted by atomic mass is 16.5. The molecule has 3 aliphatic carbocycles. The minimum Gasteiger partial charge on any atom is -0.385 e. The third kappa shape index (κ3) is 4.48. The van der Waals surface area contributed by atoms with Crippen molar-refractivity contribution < 1.29 is 19.5 Å². The molecule has 5 rings (SSSR count). The lowest BCUT2D eigenvalue weighted by atomic mass is 9.49. The Morgan fingerprint density at radius 3 is 2.57 bits per heavy atom. The van der Waals surface area contributed by atoms with Crippen molar-refractivity contribution in [3.8, 4) is 0 Å². The highest BCUT2D eigenvalue weighted by Gasteiger charge is 2.50. The van der Waals surface area contributed by atoms with Crippen molar-refractivity contribution in [2.24, 2.45) is 17.3 Å². The molecule has 1 aromatic rings.